The lowest BCUT2D eigenvalue weighted by Crippen LogP contribution is -2.46. The number of carbonyl (C=O) groups excluding carboxylic acids is 2. The smallest absolute Gasteiger partial charge is 0.248 e. The number of ether oxygens (including phenoxy) is 3. The van der Waals surface area contributed by atoms with E-state index in [1.165, 1.54) is 16.1 Å². The van der Waals surface area contributed by atoms with Gasteiger partial charge in [-0.1, -0.05) is 31.0 Å². The number of hydrogen-bond donors (Lipinski definition) is 1. The molecule has 0 unspecified atom stereocenters. The lowest BCUT2D eigenvalue weighted by molar-refractivity contribution is -0.142. The molecule has 0 aliphatic heterocycles. The number of hydrogen-bond acceptors (Lipinski definition) is 9. The van der Waals surface area contributed by atoms with Crippen molar-refractivity contribution in [1.82, 2.24) is 30.4 Å². The van der Waals surface area contributed by atoms with Gasteiger partial charge in [0.05, 0.1) is 21.3 Å². The van der Waals surface area contributed by atoms with Gasteiger partial charge in [0.25, 0.3) is 0 Å². The predicted octanol–water partition coefficient (Wildman–Crippen LogP) is 4.26. The maximum Gasteiger partial charge on any atom is 0.248 e. The molecular weight excluding hydrogens is 556 g/mol. The number of amides is 2. The van der Waals surface area contributed by atoms with Crippen molar-refractivity contribution in [2.45, 2.75) is 50.9 Å². The molecule has 2 aromatic heterocycles. The molecule has 0 bridgehead atoms. The monoisotopic (exact) mass is 590 g/mol. The van der Waals surface area contributed by atoms with E-state index in [1.807, 2.05) is 41.8 Å². The van der Waals surface area contributed by atoms with Crippen LogP contribution in [0.1, 0.15) is 42.2 Å². The van der Waals surface area contributed by atoms with Crippen molar-refractivity contribution in [2.75, 3.05) is 21.3 Å². The maximum absolute atomic E-state index is 14.0. The average molecular weight is 591 g/mol. The molecule has 1 fully saturated rings. The molecule has 2 heterocycles. The molecule has 2 aromatic carbocycles. The second-order valence-electron chi connectivity index (χ2n) is 9.99. The van der Waals surface area contributed by atoms with Crippen LogP contribution in [0.4, 0.5) is 0 Å². The summed E-state index contributed by atoms with van der Waals surface area (Å²) in [7, 11) is 4.72. The molecule has 1 atom stereocenters. The first-order chi connectivity index (χ1) is 20.5. The van der Waals surface area contributed by atoms with Crippen molar-refractivity contribution in [2.24, 2.45) is 0 Å². The second kappa shape index (κ2) is 13.5. The molecule has 0 spiro atoms. The van der Waals surface area contributed by atoms with E-state index < -0.39 is 6.04 Å². The minimum atomic E-state index is -0.811. The number of benzene rings is 2. The highest BCUT2D eigenvalue weighted by Gasteiger charge is 2.34. The highest BCUT2D eigenvalue weighted by molar-refractivity contribution is 7.10. The number of thiophene rings is 1. The van der Waals surface area contributed by atoms with Gasteiger partial charge in [-0.15, -0.1) is 21.5 Å². The zero-order valence-corrected chi connectivity index (χ0v) is 24.7. The fourth-order valence-electron chi connectivity index (χ4n) is 5.09. The van der Waals surface area contributed by atoms with Gasteiger partial charge in [0.15, 0.2) is 11.5 Å². The normalized spacial score (nSPS) is 13.9. The van der Waals surface area contributed by atoms with Gasteiger partial charge in [-0.2, -0.15) is 4.80 Å². The number of nitrogens with one attached hydrogen (secondary N) is 1. The van der Waals surface area contributed by atoms with Crippen LogP contribution in [0.15, 0.2) is 60.0 Å². The molecule has 1 saturated carbocycles. The van der Waals surface area contributed by atoms with Gasteiger partial charge in [0, 0.05) is 23.0 Å². The molecule has 220 valence electrons. The first kappa shape index (κ1) is 29.1. The first-order valence-electron chi connectivity index (χ1n) is 13.8. The molecular formula is C30H34N6O5S. The first-order valence-corrected chi connectivity index (χ1v) is 14.6. The summed E-state index contributed by atoms with van der Waals surface area (Å²) in [5.41, 5.74) is 1.52. The van der Waals surface area contributed by atoms with E-state index in [0.29, 0.717) is 28.6 Å². The zero-order chi connectivity index (χ0) is 29.5. The minimum Gasteiger partial charge on any atom is -0.497 e. The summed E-state index contributed by atoms with van der Waals surface area (Å²) < 4.78 is 16.0. The van der Waals surface area contributed by atoms with Crippen LogP contribution in [0.5, 0.6) is 17.2 Å². The van der Waals surface area contributed by atoms with Crippen LogP contribution in [0, 0.1) is 0 Å². The van der Waals surface area contributed by atoms with Gasteiger partial charge in [0.1, 0.15) is 18.3 Å². The van der Waals surface area contributed by atoms with Gasteiger partial charge >= 0.3 is 0 Å². The van der Waals surface area contributed by atoms with Gasteiger partial charge in [-0.25, -0.2) is 0 Å². The molecule has 2 amide bonds. The van der Waals surface area contributed by atoms with Gasteiger partial charge in [-0.05, 0) is 65.4 Å². The molecule has 12 heteroatoms. The molecule has 4 aromatic rings. The largest absolute Gasteiger partial charge is 0.497 e. The lowest BCUT2D eigenvalue weighted by atomic mass is 10.1. The van der Waals surface area contributed by atoms with E-state index in [9.17, 15) is 9.59 Å². The van der Waals surface area contributed by atoms with Crippen molar-refractivity contribution < 1.29 is 23.8 Å². The van der Waals surface area contributed by atoms with Crippen LogP contribution >= 0.6 is 11.3 Å². The Morgan fingerprint density at radius 2 is 1.79 bits per heavy atom. The molecule has 0 saturated heterocycles. The summed E-state index contributed by atoms with van der Waals surface area (Å²) >= 11 is 1.45. The summed E-state index contributed by atoms with van der Waals surface area (Å²) in [6, 6.07) is 15.8. The molecule has 0 radical (unpaired) electrons. The summed E-state index contributed by atoms with van der Waals surface area (Å²) in [6.07, 6.45) is 4.06. The number of nitrogens with zero attached hydrogens (tertiary/aromatic N) is 5. The Bertz CT molecular complexity index is 1480. The third kappa shape index (κ3) is 6.71. The molecule has 5 rings (SSSR count). The summed E-state index contributed by atoms with van der Waals surface area (Å²) in [5, 5.41) is 17.8. The Morgan fingerprint density at radius 1 is 1.02 bits per heavy atom. The van der Waals surface area contributed by atoms with Crippen molar-refractivity contribution in [3.05, 3.63) is 70.4 Å². The lowest BCUT2D eigenvalue weighted by Gasteiger charge is -2.31. The number of methoxy groups -OCH3 is 3. The van der Waals surface area contributed by atoms with E-state index in [1.54, 1.807) is 44.4 Å². The molecule has 42 heavy (non-hydrogen) atoms. The number of carbonyl (C=O) groups is 2. The van der Waals surface area contributed by atoms with E-state index in [2.05, 4.69) is 20.7 Å². The highest BCUT2D eigenvalue weighted by atomic mass is 32.1. The van der Waals surface area contributed by atoms with Crippen molar-refractivity contribution in [1.29, 1.82) is 0 Å². The minimum absolute atomic E-state index is 0.110. The number of aromatic nitrogens is 4. The summed E-state index contributed by atoms with van der Waals surface area (Å²) in [5.74, 6) is 1.64. The zero-order valence-electron chi connectivity index (χ0n) is 23.9. The van der Waals surface area contributed by atoms with E-state index in [-0.39, 0.29) is 30.9 Å². The molecule has 11 nitrogen and oxygen atoms in total. The molecule has 1 aliphatic carbocycles. The van der Waals surface area contributed by atoms with Crippen molar-refractivity contribution >= 4 is 23.2 Å². The fourth-order valence-corrected chi connectivity index (χ4v) is 5.92. The number of rotatable bonds is 12. The Hall–Kier alpha value is -4.45. The van der Waals surface area contributed by atoms with Crippen LogP contribution in [-0.4, -0.2) is 64.3 Å². The molecule has 1 aliphatic rings. The average Bonchev–Trinajstić information content (AvgIpc) is 3.81. The second-order valence-corrected chi connectivity index (χ2v) is 11.0. The van der Waals surface area contributed by atoms with E-state index in [4.69, 9.17) is 14.2 Å². The Morgan fingerprint density at radius 3 is 2.45 bits per heavy atom. The van der Waals surface area contributed by atoms with Crippen LogP contribution in [0.2, 0.25) is 0 Å². The van der Waals surface area contributed by atoms with E-state index in [0.717, 1.165) is 36.1 Å². The van der Waals surface area contributed by atoms with Crippen LogP contribution in [0.3, 0.4) is 0 Å². The Kier molecular flexibility index (Phi) is 9.32. The van der Waals surface area contributed by atoms with Gasteiger partial charge < -0.3 is 24.4 Å². The third-order valence-electron chi connectivity index (χ3n) is 7.28. The van der Waals surface area contributed by atoms with Crippen molar-refractivity contribution in [3.63, 3.8) is 0 Å². The quantitative estimate of drug-likeness (QED) is 0.260. The van der Waals surface area contributed by atoms with Gasteiger partial charge in [0.2, 0.25) is 17.6 Å². The SMILES string of the molecule is COc1ccc(CN(C(=O)Cn2nnc(-c3ccc(OC)c(OC)c3)n2)[C@H](C(=O)NC2CCCC2)c2cccs2)cc1. The standard InChI is InChI=1S/C30H34N6O5S/c1-39-23-13-10-20(11-14-23)18-35(28(26-9-6-16-42-26)30(38)31-22-7-4-5-8-22)27(37)19-36-33-29(32-34-36)21-12-15-24(40-2)25(17-21)41-3/h6,9-17,22,28H,4-5,7-8,18-19H2,1-3H3,(H,31,38)/t28-/m0/s1. The van der Waals surface area contributed by atoms with Gasteiger partial charge in [-0.3, -0.25) is 9.59 Å². The summed E-state index contributed by atoms with van der Waals surface area (Å²) in [4.78, 5) is 31.4. The Balaban J connectivity index is 1.43. The van der Waals surface area contributed by atoms with Crippen LogP contribution in [0.25, 0.3) is 11.4 Å². The topological polar surface area (TPSA) is 121 Å². The maximum atomic E-state index is 14.0. The van der Waals surface area contributed by atoms with Crippen LogP contribution < -0.4 is 19.5 Å². The van der Waals surface area contributed by atoms with Crippen molar-refractivity contribution in [3.8, 4) is 28.6 Å². The third-order valence-corrected chi connectivity index (χ3v) is 8.20. The summed E-state index contributed by atoms with van der Waals surface area (Å²) in [6.45, 7) is 0.00966. The fraction of sp³-hybridized carbons (Fsp3) is 0.367. The highest BCUT2D eigenvalue weighted by Crippen LogP contribution is 2.32. The molecule has 1 N–H and O–H groups in total. The van der Waals surface area contributed by atoms with E-state index >= 15 is 0 Å². The number of tetrazole rings is 1. The Labute approximate surface area is 248 Å². The van der Waals surface area contributed by atoms with Crippen LogP contribution in [-0.2, 0) is 22.7 Å². The predicted molar refractivity (Wildman–Crippen MR) is 157 cm³/mol.